The average molecular weight is 248 g/mol. The Balaban J connectivity index is 2.24. The van der Waals surface area contributed by atoms with Crippen molar-refractivity contribution < 1.29 is 4.42 Å². The van der Waals surface area contributed by atoms with E-state index < -0.39 is 0 Å². The highest BCUT2D eigenvalue weighted by Gasteiger charge is 2.09. The first-order valence-corrected chi connectivity index (χ1v) is 6.85. The first-order chi connectivity index (χ1) is 8.35. The fourth-order valence-electron chi connectivity index (χ4n) is 1.65. The first-order valence-electron chi connectivity index (χ1n) is 5.63. The second kappa shape index (κ2) is 5.89. The van der Waals surface area contributed by atoms with Gasteiger partial charge in [-0.2, -0.15) is 0 Å². The predicted molar refractivity (Wildman–Crippen MR) is 71.1 cm³/mol. The smallest absolute Gasteiger partial charge is 0.194 e. The summed E-state index contributed by atoms with van der Waals surface area (Å²) in [5, 5.41) is 0. The van der Waals surface area contributed by atoms with Crippen molar-refractivity contribution >= 4 is 11.8 Å². The predicted octanol–water partition coefficient (Wildman–Crippen LogP) is 2.95. The topological polar surface area (TPSA) is 52.0 Å². The van der Waals surface area contributed by atoms with Crippen LogP contribution in [0.2, 0.25) is 0 Å². The molecule has 0 aliphatic carbocycles. The molecule has 1 aromatic heterocycles. The standard InChI is InChI=1S/C13H16N2OS/c1-17-12-6-3-2-5-10(12)11-9-15-13(16-11)7-4-8-14/h2-3,5-6,9H,4,7-8,14H2,1H3. The molecule has 0 aliphatic rings. The lowest BCUT2D eigenvalue weighted by Gasteiger charge is -2.02. The van der Waals surface area contributed by atoms with E-state index in [2.05, 4.69) is 23.4 Å². The number of oxazole rings is 1. The highest BCUT2D eigenvalue weighted by atomic mass is 32.2. The van der Waals surface area contributed by atoms with Crippen molar-refractivity contribution in [1.29, 1.82) is 0 Å². The van der Waals surface area contributed by atoms with Crippen molar-refractivity contribution in [3.8, 4) is 11.3 Å². The maximum absolute atomic E-state index is 5.73. The second-order valence-corrected chi connectivity index (χ2v) is 4.56. The third-order valence-electron chi connectivity index (χ3n) is 2.52. The summed E-state index contributed by atoms with van der Waals surface area (Å²) < 4.78 is 5.73. The molecule has 2 N–H and O–H groups in total. The van der Waals surface area contributed by atoms with E-state index in [1.807, 2.05) is 12.1 Å². The van der Waals surface area contributed by atoms with Crippen LogP contribution >= 0.6 is 11.8 Å². The van der Waals surface area contributed by atoms with Gasteiger partial charge in [0.15, 0.2) is 11.7 Å². The molecule has 1 heterocycles. The molecule has 17 heavy (non-hydrogen) atoms. The minimum absolute atomic E-state index is 0.666. The van der Waals surface area contributed by atoms with Gasteiger partial charge < -0.3 is 10.2 Å². The van der Waals surface area contributed by atoms with Gasteiger partial charge in [-0.05, 0) is 25.3 Å². The zero-order valence-electron chi connectivity index (χ0n) is 9.85. The molecule has 90 valence electrons. The summed E-state index contributed by atoms with van der Waals surface area (Å²) in [7, 11) is 0. The molecule has 1 aromatic carbocycles. The molecular formula is C13H16N2OS. The van der Waals surface area contributed by atoms with Crippen LogP contribution in [-0.4, -0.2) is 17.8 Å². The number of hydrogen-bond donors (Lipinski definition) is 1. The summed E-state index contributed by atoms with van der Waals surface area (Å²) in [6.07, 6.45) is 5.56. The molecule has 0 fully saturated rings. The Labute approximate surface area is 105 Å². The maximum atomic E-state index is 5.73. The van der Waals surface area contributed by atoms with Crippen LogP contribution in [0.15, 0.2) is 39.8 Å². The van der Waals surface area contributed by atoms with E-state index >= 15 is 0 Å². The monoisotopic (exact) mass is 248 g/mol. The fraction of sp³-hybridized carbons (Fsp3) is 0.308. The SMILES string of the molecule is CSc1ccccc1-c1cnc(CCCN)o1. The van der Waals surface area contributed by atoms with Gasteiger partial charge in [-0.15, -0.1) is 11.8 Å². The lowest BCUT2D eigenvalue weighted by Crippen LogP contribution is -2.00. The lowest BCUT2D eigenvalue weighted by atomic mass is 10.2. The molecular weight excluding hydrogens is 232 g/mol. The largest absolute Gasteiger partial charge is 0.441 e. The molecule has 3 nitrogen and oxygen atoms in total. The maximum Gasteiger partial charge on any atom is 0.194 e. The second-order valence-electron chi connectivity index (χ2n) is 3.71. The Bertz CT molecular complexity index is 482. The Kier molecular flexibility index (Phi) is 4.23. The summed E-state index contributed by atoms with van der Waals surface area (Å²) in [6, 6.07) is 8.18. The molecule has 0 saturated carbocycles. The summed E-state index contributed by atoms with van der Waals surface area (Å²) in [5.41, 5.74) is 6.57. The van der Waals surface area contributed by atoms with Crippen LogP contribution in [0.5, 0.6) is 0 Å². The molecule has 0 atom stereocenters. The molecule has 0 spiro atoms. The highest BCUT2D eigenvalue weighted by Crippen LogP contribution is 2.30. The molecule has 0 amide bonds. The highest BCUT2D eigenvalue weighted by molar-refractivity contribution is 7.98. The van der Waals surface area contributed by atoms with E-state index in [1.165, 1.54) is 4.90 Å². The number of rotatable bonds is 5. The van der Waals surface area contributed by atoms with Gasteiger partial charge in [0.25, 0.3) is 0 Å². The van der Waals surface area contributed by atoms with Gasteiger partial charge in [0.05, 0.1) is 6.20 Å². The molecule has 0 saturated heterocycles. The van der Waals surface area contributed by atoms with Crippen LogP contribution in [0.1, 0.15) is 12.3 Å². The van der Waals surface area contributed by atoms with Crippen LogP contribution in [-0.2, 0) is 6.42 Å². The summed E-state index contributed by atoms with van der Waals surface area (Å²) in [5.74, 6) is 1.60. The van der Waals surface area contributed by atoms with Gasteiger partial charge in [-0.3, -0.25) is 0 Å². The Morgan fingerprint density at radius 1 is 1.35 bits per heavy atom. The molecule has 2 aromatic rings. The average Bonchev–Trinajstić information content (AvgIpc) is 2.85. The summed E-state index contributed by atoms with van der Waals surface area (Å²) >= 11 is 1.71. The fourth-order valence-corrected chi connectivity index (χ4v) is 2.26. The van der Waals surface area contributed by atoms with E-state index in [1.54, 1.807) is 18.0 Å². The molecule has 0 aliphatic heterocycles. The van der Waals surface area contributed by atoms with Gasteiger partial charge in [0, 0.05) is 16.9 Å². The lowest BCUT2D eigenvalue weighted by molar-refractivity contribution is 0.499. The van der Waals surface area contributed by atoms with E-state index in [-0.39, 0.29) is 0 Å². The quantitative estimate of drug-likeness (QED) is 0.826. The van der Waals surface area contributed by atoms with E-state index in [0.717, 1.165) is 30.1 Å². The molecule has 4 heteroatoms. The number of nitrogens with two attached hydrogens (primary N) is 1. The van der Waals surface area contributed by atoms with Crippen LogP contribution in [0.3, 0.4) is 0 Å². The minimum atomic E-state index is 0.666. The molecule has 0 radical (unpaired) electrons. The van der Waals surface area contributed by atoms with Crippen LogP contribution < -0.4 is 5.73 Å². The Morgan fingerprint density at radius 3 is 2.94 bits per heavy atom. The number of hydrogen-bond acceptors (Lipinski definition) is 4. The Hall–Kier alpha value is -1.26. The first kappa shape index (κ1) is 12.2. The molecule has 0 bridgehead atoms. The van der Waals surface area contributed by atoms with Crippen molar-refractivity contribution in [3.05, 3.63) is 36.4 Å². The van der Waals surface area contributed by atoms with E-state index in [4.69, 9.17) is 10.2 Å². The van der Waals surface area contributed by atoms with Crippen molar-refractivity contribution in [2.24, 2.45) is 5.73 Å². The number of benzene rings is 1. The number of nitrogens with zero attached hydrogens (tertiary/aromatic N) is 1. The summed E-state index contributed by atoms with van der Waals surface area (Å²) in [6.45, 7) is 0.666. The van der Waals surface area contributed by atoms with E-state index in [0.29, 0.717) is 6.54 Å². The Morgan fingerprint density at radius 2 is 2.18 bits per heavy atom. The van der Waals surface area contributed by atoms with E-state index in [9.17, 15) is 0 Å². The van der Waals surface area contributed by atoms with Gasteiger partial charge >= 0.3 is 0 Å². The van der Waals surface area contributed by atoms with Gasteiger partial charge in [0.2, 0.25) is 0 Å². The van der Waals surface area contributed by atoms with Crippen molar-refractivity contribution in [1.82, 2.24) is 4.98 Å². The number of thioether (sulfide) groups is 1. The van der Waals surface area contributed by atoms with Crippen LogP contribution in [0.25, 0.3) is 11.3 Å². The zero-order chi connectivity index (χ0) is 12.1. The minimum Gasteiger partial charge on any atom is -0.441 e. The van der Waals surface area contributed by atoms with Crippen LogP contribution in [0.4, 0.5) is 0 Å². The van der Waals surface area contributed by atoms with Gasteiger partial charge in [0.1, 0.15) is 0 Å². The van der Waals surface area contributed by atoms with Crippen molar-refractivity contribution in [2.75, 3.05) is 12.8 Å². The molecule has 0 unspecified atom stereocenters. The van der Waals surface area contributed by atoms with Crippen molar-refractivity contribution in [3.63, 3.8) is 0 Å². The number of aromatic nitrogens is 1. The van der Waals surface area contributed by atoms with Gasteiger partial charge in [-0.25, -0.2) is 4.98 Å². The third-order valence-corrected chi connectivity index (χ3v) is 3.32. The molecule has 2 rings (SSSR count). The van der Waals surface area contributed by atoms with Crippen LogP contribution in [0, 0.1) is 0 Å². The summed E-state index contributed by atoms with van der Waals surface area (Å²) in [4.78, 5) is 5.48. The van der Waals surface area contributed by atoms with Crippen molar-refractivity contribution in [2.45, 2.75) is 17.7 Å². The normalized spacial score (nSPS) is 10.7. The zero-order valence-corrected chi connectivity index (χ0v) is 10.7. The number of aryl methyl sites for hydroxylation is 1. The van der Waals surface area contributed by atoms with Gasteiger partial charge in [-0.1, -0.05) is 18.2 Å². The third kappa shape index (κ3) is 2.90.